The second-order valence-corrected chi connectivity index (χ2v) is 5.60. The summed E-state index contributed by atoms with van der Waals surface area (Å²) < 4.78 is 5.19. The third-order valence-electron chi connectivity index (χ3n) is 4.20. The Hall–Kier alpha value is -0.770. The number of ether oxygens (including phenoxy) is 1. The Kier molecular flexibility index (Phi) is 3.85. The first-order valence-corrected chi connectivity index (χ1v) is 6.62. The van der Waals surface area contributed by atoms with Gasteiger partial charge in [-0.25, -0.2) is 0 Å². The molecule has 1 aliphatic rings. The lowest BCUT2D eigenvalue weighted by molar-refractivity contribution is 0.0182. The molecule has 1 aliphatic carbocycles. The van der Waals surface area contributed by atoms with Gasteiger partial charge in [-0.2, -0.15) is 0 Å². The van der Waals surface area contributed by atoms with Crippen molar-refractivity contribution in [2.45, 2.75) is 32.2 Å². The van der Waals surface area contributed by atoms with Crippen LogP contribution in [0.3, 0.4) is 0 Å². The fourth-order valence-corrected chi connectivity index (χ4v) is 2.94. The van der Waals surface area contributed by atoms with Gasteiger partial charge in [0, 0.05) is 11.5 Å². The van der Waals surface area contributed by atoms with Gasteiger partial charge in [-0.05, 0) is 43.0 Å². The second kappa shape index (κ2) is 5.08. The molecule has 18 heavy (non-hydrogen) atoms. The van der Waals surface area contributed by atoms with Crippen LogP contribution in [0.2, 0.25) is 5.02 Å². The quantitative estimate of drug-likeness (QED) is 0.884. The molecule has 0 aromatic heterocycles. The van der Waals surface area contributed by atoms with Crippen molar-refractivity contribution in [3.05, 3.63) is 28.3 Å². The zero-order valence-corrected chi connectivity index (χ0v) is 11.6. The average Bonchev–Trinajstić information content (AvgIpc) is 2.30. The second-order valence-electron chi connectivity index (χ2n) is 5.20. The van der Waals surface area contributed by atoms with E-state index in [-0.39, 0.29) is 18.1 Å². The lowest BCUT2D eigenvalue weighted by Gasteiger charge is -2.45. The van der Waals surface area contributed by atoms with Crippen molar-refractivity contribution in [3.8, 4) is 5.75 Å². The van der Waals surface area contributed by atoms with E-state index in [4.69, 9.17) is 22.1 Å². The maximum Gasteiger partial charge on any atom is 0.137 e. The number of rotatable bonds is 4. The molecule has 0 saturated heterocycles. The number of halogens is 1. The SMILES string of the molecule is COc1cc(C)c(C(N)C2(CO)CCC2)cc1Cl. The van der Waals surface area contributed by atoms with E-state index >= 15 is 0 Å². The van der Waals surface area contributed by atoms with Crippen LogP contribution in [-0.4, -0.2) is 18.8 Å². The van der Waals surface area contributed by atoms with Gasteiger partial charge in [0.15, 0.2) is 0 Å². The number of hydrogen-bond donors (Lipinski definition) is 2. The maximum atomic E-state index is 9.59. The first-order chi connectivity index (χ1) is 8.54. The summed E-state index contributed by atoms with van der Waals surface area (Å²) in [6.07, 6.45) is 3.10. The summed E-state index contributed by atoms with van der Waals surface area (Å²) in [4.78, 5) is 0. The van der Waals surface area contributed by atoms with Gasteiger partial charge in [0.05, 0.1) is 18.7 Å². The Labute approximate surface area is 113 Å². The fraction of sp³-hybridized carbons (Fsp3) is 0.571. The molecule has 1 atom stereocenters. The highest BCUT2D eigenvalue weighted by molar-refractivity contribution is 6.32. The van der Waals surface area contributed by atoms with Gasteiger partial charge < -0.3 is 15.6 Å². The molecule has 0 radical (unpaired) electrons. The molecule has 100 valence electrons. The minimum atomic E-state index is -0.167. The summed E-state index contributed by atoms with van der Waals surface area (Å²) in [5, 5.41) is 10.2. The molecule has 0 aliphatic heterocycles. The lowest BCUT2D eigenvalue weighted by atomic mass is 9.63. The van der Waals surface area contributed by atoms with E-state index in [2.05, 4.69) is 0 Å². The maximum absolute atomic E-state index is 9.59. The summed E-state index contributed by atoms with van der Waals surface area (Å²) in [6.45, 7) is 2.13. The van der Waals surface area contributed by atoms with Crippen LogP contribution in [-0.2, 0) is 0 Å². The smallest absolute Gasteiger partial charge is 0.137 e. The van der Waals surface area contributed by atoms with E-state index in [0.717, 1.165) is 30.4 Å². The van der Waals surface area contributed by atoms with Crippen LogP contribution in [0.15, 0.2) is 12.1 Å². The predicted octanol–water partition coefficient (Wildman–Crippen LogP) is 2.82. The number of methoxy groups -OCH3 is 1. The van der Waals surface area contributed by atoms with E-state index in [1.165, 1.54) is 0 Å². The minimum absolute atomic E-state index is 0.136. The van der Waals surface area contributed by atoms with Crippen LogP contribution in [0.4, 0.5) is 0 Å². The molecule has 0 bridgehead atoms. The minimum Gasteiger partial charge on any atom is -0.495 e. The van der Waals surface area contributed by atoms with Crippen LogP contribution in [0.25, 0.3) is 0 Å². The standard InChI is InChI=1S/C14H20ClNO2/c1-9-6-12(18-2)11(15)7-10(9)13(16)14(8-17)4-3-5-14/h6-7,13,17H,3-5,8,16H2,1-2H3. The van der Waals surface area contributed by atoms with Crippen molar-refractivity contribution >= 4 is 11.6 Å². The summed E-state index contributed by atoms with van der Waals surface area (Å²) in [7, 11) is 1.60. The molecule has 1 unspecified atom stereocenters. The van der Waals surface area contributed by atoms with Crippen LogP contribution in [0.1, 0.15) is 36.4 Å². The van der Waals surface area contributed by atoms with Gasteiger partial charge in [0.1, 0.15) is 5.75 Å². The summed E-state index contributed by atoms with van der Waals surface area (Å²) in [6, 6.07) is 3.61. The molecular formula is C14H20ClNO2. The third kappa shape index (κ3) is 2.11. The van der Waals surface area contributed by atoms with Crippen LogP contribution >= 0.6 is 11.6 Å². The first-order valence-electron chi connectivity index (χ1n) is 6.24. The van der Waals surface area contributed by atoms with Crippen molar-refractivity contribution in [3.63, 3.8) is 0 Å². The first kappa shape index (κ1) is 13.7. The number of nitrogens with two attached hydrogens (primary N) is 1. The molecule has 1 fully saturated rings. The van der Waals surface area contributed by atoms with Gasteiger partial charge in [-0.1, -0.05) is 18.0 Å². The van der Waals surface area contributed by atoms with Crippen molar-refractivity contribution in [1.29, 1.82) is 0 Å². The molecule has 1 aromatic rings. The van der Waals surface area contributed by atoms with Gasteiger partial charge in [-0.3, -0.25) is 0 Å². The zero-order chi connectivity index (χ0) is 13.3. The Morgan fingerprint density at radius 3 is 2.61 bits per heavy atom. The van der Waals surface area contributed by atoms with Gasteiger partial charge in [-0.15, -0.1) is 0 Å². The van der Waals surface area contributed by atoms with E-state index in [1.807, 2.05) is 19.1 Å². The Morgan fingerprint density at radius 1 is 1.50 bits per heavy atom. The van der Waals surface area contributed by atoms with Crippen LogP contribution in [0.5, 0.6) is 5.75 Å². The largest absolute Gasteiger partial charge is 0.495 e. The summed E-state index contributed by atoms with van der Waals surface area (Å²) in [5.41, 5.74) is 8.25. The molecule has 0 amide bonds. The number of benzene rings is 1. The van der Waals surface area contributed by atoms with Gasteiger partial charge in [0.25, 0.3) is 0 Å². The highest BCUT2D eigenvalue weighted by atomic mass is 35.5. The Bertz CT molecular complexity index is 438. The molecule has 0 spiro atoms. The monoisotopic (exact) mass is 269 g/mol. The highest BCUT2D eigenvalue weighted by Gasteiger charge is 2.43. The van der Waals surface area contributed by atoms with E-state index < -0.39 is 0 Å². The fourth-order valence-electron chi connectivity index (χ4n) is 2.69. The number of aryl methyl sites for hydroxylation is 1. The molecule has 1 aromatic carbocycles. The summed E-state index contributed by atoms with van der Waals surface area (Å²) >= 11 is 6.16. The van der Waals surface area contributed by atoms with E-state index in [0.29, 0.717) is 10.8 Å². The number of hydrogen-bond acceptors (Lipinski definition) is 3. The van der Waals surface area contributed by atoms with Crippen molar-refractivity contribution in [2.75, 3.05) is 13.7 Å². The Morgan fingerprint density at radius 2 is 2.17 bits per heavy atom. The van der Waals surface area contributed by atoms with Crippen LogP contribution < -0.4 is 10.5 Å². The third-order valence-corrected chi connectivity index (χ3v) is 4.49. The molecule has 3 N–H and O–H groups in total. The molecule has 3 nitrogen and oxygen atoms in total. The van der Waals surface area contributed by atoms with Crippen molar-refractivity contribution in [1.82, 2.24) is 0 Å². The van der Waals surface area contributed by atoms with Gasteiger partial charge >= 0.3 is 0 Å². The van der Waals surface area contributed by atoms with Crippen molar-refractivity contribution in [2.24, 2.45) is 11.1 Å². The molecule has 4 heteroatoms. The molecule has 0 heterocycles. The average molecular weight is 270 g/mol. The van der Waals surface area contributed by atoms with Crippen LogP contribution in [0, 0.1) is 12.3 Å². The van der Waals surface area contributed by atoms with E-state index in [1.54, 1.807) is 7.11 Å². The van der Waals surface area contributed by atoms with E-state index in [9.17, 15) is 5.11 Å². The topological polar surface area (TPSA) is 55.5 Å². The molecular weight excluding hydrogens is 250 g/mol. The lowest BCUT2D eigenvalue weighted by Crippen LogP contribution is -2.43. The number of aliphatic hydroxyl groups is 1. The van der Waals surface area contributed by atoms with Gasteiger partial charge in [0.2, 0.25) is 0 Å². The molecule has 2 rings (SSSR count). The predicted molar refractivity (Wildman–Crippen MR) is 73.0 cm³/mol. The normalized spacial score (nSPS) is 19.2. The zero-order valence-electron chi connectivity index (χ0n) is 10.9. The highest BCUT2D eigenvalue weighted by Crippen LogP contribution is 2.49. The summed E-state index contributed by atoms with van der Waals surface area (Å²) in [5.74, 6) is 0.664. The Balaban J connectivity index is 2.36. The number of aliphatic hydroxyl groups excluding tert-OH is 1. The van der Waals surface area contributed by atoms with Crippen molar-refractivity contribution < 1.29 is 9.84 Å². The molecule has 1 saturated carbocycles.